The van der Waals surface area contributed by atoms with Crippen molar-refractivity contribution >= 4 is 5.97 Å². The summed E-state index contributed by atoms with van der Waals surface area (Å²) in [5.41, 5.74) is 0. The first-order valence-corrected chi connectivity index (χ1v) is 12.9. The molecule has 0 amide bonds. The molecule has 33 heavy (non-hydrogen) atoms. The van der Waals surface area contributed by atoms with Crippen molar-refractivity contribution in [2.75, 3.05) is 85.9 Å². The van der Waals surface area contributed by atoms with Crippen molar-refractivity contribution in [2.24, 2.45) is 0 Å². The first kappa shape index (κ1) is 32.2. The molecule has 0 fully saturated rings. The first-order chi connectivity index (χ1) is 16.3. The maximum atomic E-state index is 11.5. The summed E-state index contributed by atoms with van der Waals surface area (Å²) >= 11 is 0. The molecule has 0 aliphatic carbocycles. The smallest absolute Gasteiger partial charge is 0.305 e. The Kier molecular flexibility index (Phi) is 28.6. The van der Waals surface area contributed by atoms with E-state index in [0.717, 1.165) is 25.9 Å². The SMILES string of the molecule is CCCCCCCC(=O)OCCOCCOCCOCCOCCOCCOCCCCC. The zero-order valence-electron chi connectivity index (χ0n) is 21.3. The second kappa shape index (κ2) is 29.3. The van der Waals surface area contributed by atoms with Crippen LogP contribution in [0.4, 0.5) is 0 Å². The Hall–Kier alpha value is -0.770. The topological polar surface area (TPSA) is 81.7 Å². The Labute approximate surface area is 201 Å². The monoisotopic (exact) mass is 478 g/mol. The van der Waals surface area contributed by atoms with E-state index in [1.54, 1.807) is 0 Å². The lowest BCUT2D eigenvalue weighted by Crippen LogP contribution is -2.15. The predicted octanol–water partition coefficient (Wildman–Crippen LogP) is 4.18. The minimum Gasteiger partial charge on any atom is -0.463 e. The zero-order valence-corrected chi connectivity index (χ0v) is 21.3. The lowest BCUT2D eigenvalue weighted by molar-refractivity contribution is -0.145. The Morgan fingerprint density at radius 1 is 0.424 bits per heavy atom. The van der Waals surface area contributed by atoms with Gasteiger partial charge in [0.05, 0.1) is 72.7 Å². The van der Waals surface area contributed by atoms with Gasteiger partial charge in [0.25, 0.3) is 0 Å². The molecule has 0 atom stereocenters. The van der Waals surface area contributed by atoms with E-state index in [2.05, 4.69) is 13.8 Å². The fraction of sp³-hybridized carbons (Fsp3) is 0.960. The summed E-state index contributed by atoms with van der Waals surface area (Å²) in [6, 6.07) is 0. The number of rotatable bonds is 28. The molecule has 0 spiro atoms. The molecule has 0 aliphatic heterocycles. The van der Waals surface area contributed by atoms with Gasteiger partial charge in [0.1, 0.15) is 6.61 Å². The molecule has 198 valence electrons. The molecule has 0 rings (SSSR count). The summed E-state index contributed by atoms with van der Waals surface area (Å²) in [5, 5.41) is 0. The highest BCUT2D eigenvalue weighted by Gasteiger charge is 2.02. The molecule has 0 unspecified atom stereocenters. The van der Waals surface area contributed by atoms with Crippen LogP contribution in [-0.4, -0.2) is 91.9 Å². The van der Waals surface area contributed by atoms with Gasteiger partial charge in [-0.2, -0.15) is 0 Å². The van der Waals surface area contributed by atoms with E-state index in [0.29, 0.717) is 85.7 Å². The Morgan fingerprint density at radius 2 is 0.788 bits per heavy atom. The summed E-state index contributed by atoms with van der Waals surface area (Å²) in [4.78, 5) is 11.5. The number of carbonyl (C=O) groups excluding carboxylic acids is 1. The Balaban J connectivity index is 3.08. The van der Waals surface area contributed by atoms with Gasteiger partial charge < -0.3 is 33.2 Å². The molecule has 0 radical (unpaired) electrons. The number of ether oxygens (including phenoxy) is 7. The van der Waals surface area contributed by atoms with E-state index in [9.17, 15) is 4.79 Å². The van der Waals surface area contributed by atoms with Gasteiger partial charge in [0.15, 0.2) is 0 Å². The predicted molar refractivity (Wildman–Crippen MR) is 129 cm³/mol. The molecule has 0 bridgehead atoms. The summed E-state index contributed by atoms with van der Waals surface area (Å²) in [5.74, 6) is -0.136. The van der Waals surface area contributed by atoms with E-state index < -0.39 is 0 Å². The summed E-state index contributed by atoms with van der Waals surface area (Å²) < 4.78 is 37.7. The van der Waals surface area contributed by atoms with Gasteiger partial charge in [0.2, 0.25) is 0 Å². The number of esters is 1. The fourth-order valence-corrected chi connectivity index (χ4v) is 2.82. The normalized spacial score (nSPS) is 11.2. The van der Waals surface area contributed by atoms with Crippen LogP contribution in [0, 0.1) is 0 Å². The van der Waals surface area contributed by atoms with Crippen LogP contribution in [-0.2, 0) is 38.0 Å². The lowest BCUT2D eigenvalue weighted by Gasteiger charge is -2.08. The van der Waals surface area contributed by atoms with Gasteiger partial charge in [0, 0.05) is 13.0 Å². The third-order valence-corrected chi connectivity index (χ3v) is 4.73. The number of carbonyl (C=O) groups is 1. The van der Waals surface area contributed by atoms with E-state index in [1.165, 1.54) is 32.1 Å². The molecule has 0 saturated heterocycles. The maximum absolute atomic E-state index is 11.5. The fourth-order valence-electron chi connectivity index (χ4n) is 2.82. The maximum Gasteiger partial charge on any atom is 0.305 e. The molecular formula is C25H50O8. The Bertz CT molecular complexity index is 381. The van der Waals surface area contributed by atoms with Crippen molar-refractivity contribution in [3.63, 3.8) is 0 Å². The van der Waals surface area contributed by atoms with Gasteiger partial charge >= 0.3 is 5.97 Å². The van der Waals surface area contributed by atoms with Gasteiger partial charge in [-0.05, 0) is 12.8 Å². The van der Waals surface area contributed by atoms with E-state index in [-0.39, 0.29) is 5.97 Å². The van der Waals surface area contributed by atoms with Crippen LogP contribution in [0.3, 0.4) is 0 Å². The Morgan fingerprint density at radius 3 is 1.24 bits per heavy atom. The standard InChI is InChI=1S/C25H50O8/c1-3-5-7-8-9-11-25(26)33-24-23-32-22-21-31-20-19-30-18-17-29-16-15-28-14-13-27-12-10-6-4-2/h3-24H2,1-2H3. The minimum absolute atomic E-state index is 0.136. The largest absolute Gasteiger partial charge is 0.463 e. The average molecular weight is 479 g/mol. The van der Waals surface area contributed by atoms with Gasteiger partial charge in [-0.25, -0.2) is 0 Å². The molecular weight excluding hydrogens is 428 g/mol. The minimum atomic E-state index is -0.136. The van der Waals surface area contributed by atoms with Crippen LogP contribution in [0.25, 0.3) is 0 Å². The van der Waals surface area contributed by atoms with Gasteiger partial charge in [-0.15, -0.1) is 0 Å². The van der Waals surface area contributed by atoms with Crippen molar-refractivity contribution in [2.45, 2.75) is 71.6 Å². The lowest BCUT2D eigenvalue weighted by atomic mass is 10.1. The summed E-state index contributed by atoms with van der Waals surface area (Å²) in [6.45, 7) is 11.3. The van der Waals surface area contributed by atoms with E-state index >= 15 is 0 Å². The zero-order chi connectivity index (χ0) is 24.1. The first-order valence-electron chi connectivity index (χ1n) is 12.9. The van der Waals surface area contributed by atoms with Crippen LogP contribution in [0.2, 0.25) is 0 Å². The van der Waals surface area contributed by atoms with Crippen LogP contribution < -0.4 is 0 Å². The van der Waals surface area contributed by atoms with Crippen molar-refractivity contribution in [1.82, 2.24) is 0 Å². The highest BCUT2D eigenvalue weighted by molar-refractivity contribution is 5.69. The van der Waals surface area contributed by atoms with Crippen LogP contribution >= 0.6 is 0 Å². The number of hydrogen-bond acceptors (Lipinski definition) is 8. The van der Waals surface area contributed by atoms with Crippen molar-refractivity contribution in [3.05, 3.63) is 0 Å². The van der Waals surface area contributed by atoms with E-state index in [1.807, 2.05) is 0 Å². The highest BCUT2D eigenvalue weighted by atomic mass is 16.6. The van der Waals surface area contributed by atoms with Crippen molar-refractivity contribution < 1.29 is 38.0 Å². The van der Waals surface area contributed by atoms with Crippen molar-refractivity contribution in [1.29, 1.82) is 0 Å². The second-order valence-corrected chi connectivity index (χ2v) is 7.77. The third kappa shape index (κ3) is 29.2. The van der Waals surface area contributed by atoms with Gasteiger partial charge in [-0.1, -0.05) is 52.4 Å². The molecule has 0 aliphatic rings. The number of unbranched alkanes of at least 4 members (excludes halogenated alkanes) is 6. The summed E-state index contributed by atoms with van der Waals surface area (Å²) in [7, 11) is 0. The number of hydrogen-bond donors (Lipinski definition) is 0. The van der Waals surface area contributed by atoms with Gasteiger partial charge in [-0.3, -0.25) is 4.79 Å². The summed E-state index contributed by atoms with van der Waals surface area (Å²) in [6.07, 6.45) is 9.69. The molecule has 8 heteroatoms. The van der Waals surface area contributed by atoms with Crippen LogP contribution in [0.1, 0.15) is 71.6 Å². The second-order valence-electron chi connectivity index (χ2n) is 7.77. The highest BCUT2D eigenvalue weighted by Crippen LogP contribution is 2.05. The molecule has 0 heterocycles. The molecule has 0 aromatic carbocycles. The molecule has 0 N–H and O–H groups in total. The quantitative estimate of drug-likeness (QED) is 0.122. The van der Waals surface area contributed by atoms with Crippen LogP contribution in [0.5, 0.6) is 0 Å². The average Bonchev–Trinajstić information content (AvgIpc) is 2.82. The molecule has 0 aromatic heterocycles. The van der Waals surface area contributed by atoms with E-state index in [4.69, 9.17) is 33.2 Å². The molecule has 0 saturated carbocycles. The van der Waals surface area contributed by atoms with Crippen LogP contribution in [0.15, 0.2) is 0 Å². The van der Waals surface area contributed by atoms with Crippen molar-refractivity contribution in [3.8, 4) is 0 Å². The molecule has 8 nitrogen and oxygen atoms in total. The molecule has 0 aromatic rings. The third-order valence-electron chi connectivity index (χ3n) is 4.73.